The quantitative estimate of drug-likeness (QED) is 0.856. The number of hydrogen-bond acceptors (Lipinski definition) is 5. The van der Waals surface area contributed by atoms with E-state index in [1.54, 1.807) is 10.7 Å². The minimum absolute atomic E-state index is 0.468. The Hall–Kier alpha value is -2.24. The van der Waals surface area contributed by atoms with Crippen molar-refractivity contribution in [2.75, 3.05) is 17.7 Å². The second kappa shape index (κ2) is 5.60. The number of anilines is 2. The molecule has 3 N–H and O–H groups in total. The fraction of sp³-hybridized carbons (Fsp3) is 0.385. The smallest absolute Gasteiger partial charge is 0.239 e. The number of aromatic nitrogens is 3. The molecule has 0 bridgehead atoms. The predicted molar refractivity (Wildman–Crippen MR) is 75.1 cm³/mol. The van der Waals surface area contributed by atoms with Gasteiger partial charge in [0.2, 0.25) is 5.88 Å². The first-order valence-corrected chi connectivity index (χ1v) is 6.22. The number of nitrogens with zero attached hydrogens (tertiary/aromatic N) is 3. The fourth-order valence-corrected chi connectivity index (χ4v) is 1.81. The van der Waals surface area contributed by atoms with Gasteiger partial charge in [-0.1, -0.05) is 0 Å². The lowest BCUT2D eigenvalue weighted by atomic mass is 10.2. The highest BCUT2D eigenvalue weighted by atomic mass is 16.5. The summed E-state index contributed by atoms with van der Waals surface area (Å²) in [5.74, 6) is 1.20. The summed E-state index contributed by atoms with van der Waals surface area (Å²) < 4.78 is 7.16. The molecule has 0 spiro atoms. The van der Waals surface area contributed by atoms with Gasteiger partial charge in [0.1, 0.15) is 5.82 Å². The van der Waals surface area contributed by atoms with Crippen molar-refractivity contribution in [1.82, 2.24) is 14.8 Å². The minimum atomic E-state index is 0.468. The molecule has 6 heteroatoms. The Labute approximate surface area is 112 Å². The van der Waals surface area contributed by atoms with Crippen LogP contribution in [0.5, 0.6) is 5.88 Å². The zero-order valence-electron chi connectivity index (χ0n) is 11.5. The Balaban J connectivity index is 2.07. The van der Waals surface area contributed by atoms with Gasteiger partial charge in [-0.05, 0) is 26.0 Å². The number of pyridine rings is 1. The average Bonchev–Trinajstić information content (AvgIpc) is 2.69. The minimum Gasteiger partial charge on any atom is -0.476 e. The van der Waals surface area contributed by atoms with Crippen LogP contribution in [0.25, 0.3) is 0 Å². The number of aryl methyl sites for hydroxylation is 2. The molecular weight excluding hydrogens is 242 g/mol. The standard InChI is InChI=1S/C13H19N5O/c1-4-19-13-11(14)5-6-12(16-13)15-7-10-8-18(3)17-9(10)2/h5-6,8H,4,7,14H2,1-3H3,(H,15,16). The third-order valence-electron chi connectivity index (χ3n) is 2.75. The van der Waals surface area contributed by atoms with E-state index in [4.69, 9.17) is 10.5 Å². The van der Waals surface area contributed by atoms with Crippen molar-refractivity contribution in [3.8, 4) is 5.88 Å². The SMILES string of the molecule is CCOc1nc(NCc2cn(C)nc2C)ccc1N. The molecule has 0 aliphatic carbocycles. The molecule has 2 aromatic heterocycles. The highest BCUT2D eigenvalue weighted by Gasteiger charge is 2.06. The molecule has 0 aromatic carbocycles. The summed E-state index contributed by atoms with van der Waals surface area (Å²) in [5, 5.41) is 7.54. The van der Waals surface area contributed by atoms with Crippen molar-refractivity contribution >= 4 is 11.5 Å². The maximum absolute atomic E-state index is 5.78. The maximum Gasteiger partial charge on any atom is 0.239 e. The Bertz CT molecular complexity index is 564. The third-order valence-corrected chi connectivity index (χ3v) is 2.75. The monoisotopic (exact) mass is 261 g/mol. The number of hydrogen-bond donors (Lipinski definition) is 2. The van der Waals surface area contributed by atoms with Gasteiger partial charge in [0.05, 0.1) is 18.0 Å². The van der Waals surface area contributed by atoms with Gasteiger partial charge < -0.3 is 15.8 Å². The number of nitrogen functional groups attached to an aromatic ring is 1. The van der Waals surface area contributed by atoms with Crippen molar-refractivity contribution in [3.05, 3.63) is 29.6 Å². The summed E-state index contributed by atoms with van der Waals surface area (Å²) in [6.07, 6.45) is 1.99. The van der Waals surface area contributed by atoms with Crippen LogP contribution in [0.15, 0.2) is 18.3 Å². The molecule has 19 heavy (non-hydrogen) atoms. The maximum atomic E-state index is 5.78. The first kappa shape index (κ1) is 13.2. The molecule has 0 saturated carbocycles. The van der Waals surface area contributed by atoms with Crippen LogP contribution < -0.4 is 15.8 Å². The van der Waals surface area contributed by atoms with Crippen LogP contribution in [0.4, 0.5) is 11.5 Å². The Kier molecular flexibility index (Phi) is 3.89. The second-order valence-corrected chi connectivity index (χ2v) is 4.29. The van der Waals surface area contributed by atoms with Crippen molar-refractivity contribution in [3.63, 3.8) is 0 Å². The van der Waals surface area contributed by atoms with E-state index >= 15 is 0 Å². The van der Waals surface area contributed by atoms with E-state index in [2.05, 4.69) is 15.4 Å². The van der Waals surface area contributed by atoms with Crippen LogP contribution >= 0.6 is 0 Å². The molecule has 0 aliphatic heterocycles. The summed E-state index contributed by atoms with van der Waals surface area (Å²) in [6.45, 7) is 5.10. The predicted octanol–water partition coefficient (Wildman–Crippen LogP) is 1.72. The molecule has 0 unspecified atom stereocenters. The summed E-state index contributed by atoms with van der Waals surface area (Å²) in [5.41, 5.74) is 8.48. The van der Waals surface area contributed by atoms with Crippen LogP contribution in [-0.4, -0.2) is 21.4 Å². The van der Waals surface area contributed by atoms with Crippen LogP contribution in [0.1, 0.15) is 18.2 Å². The van der Waals surface area contributed by atoms with E-state index in [-0.39, 0.29) is 0 Å². The third kappa shape index (κ3) is 3.15. The molecule has 0 radical (unpaired) electrons. The van der Waals surface area contributed by atoms with Crippen molar-refractivity contribution in [1.29, 1.82) is 0 Å². The molecule has 102 valence electrons. The Morgan fingerprint density at radius 2 is 2.21 bits per heavy atom. The lowest BCUT2D eigenvalue weighted by Crippen LogP contribution is -2.05. The van der Waals surface area contributed by atoms with Crippen molar-refractivity contribution in [2.24, 2.45) is 7.05 Å². The molecule has 2 heterocycles. The Morgan fingerprint density at radius 1 is 1.42 bits per heavy atom. The van der Waals surface area contributed by atoms with Crippen LogP contribution in [0.3, 0.4) is 0 Å². The molecule has 0 atom stereocenters. The zero-order valence-corrected chi connectivity index (χ0v) is 11.5. The van der Waals surface area contributed by atoms with E-state index in [0.717, 1.165) is 17.1 Å². The van der Waals surface area contributed by atoms with E-state index < -0.39 is 0 Å². The first-order valence-electron chi connectivity index (χ1n) is 6.22. The highest BCUT2D eigenvalue weighted by Crippen LogP contribution is 2.21. The molecular formula is C13H19N5O. The number of ether oxygens (including phenoxy) is 1. The van der Waals surface area contributed by atoms with E-state index in [0.29, 0.717) is 24.7 Å². The van der Waals surface area contributed by atoms with Crippen molar-refractivity contribution in [2.45, 2.75) is 20.4 Å². The molecule has 0 amide bonds. The van der Waals surface area contributed by atoms with Gasteiger partial charge in [0.15, 0.2) is 0 Å². The first-order chi connectivity index (χ1) is 9.10. The molecule has 2 aromatic rings. The van der Waals surface area contributed by atoms with Gasteiger partial charge in [0, 0.05) is 25.4 Å². The fourth-order valence-electron chi connectivity index (χ4n) is 1.81. The Morgan fingerprint density at radius 3 is 2.84 bits per heavy atom. The van der Waals surface area contributed by atoms with Gasteiger partial charge in [-0.3, -0.25) is 4.68 Å². The van der Waals surface area contributed by atoms with Gasteiger partial charge in [-0.2, -0.15) is 10.1 Å². The van der Waals surface area contributed by atoms with E-state index in [9.17, 15) is 0 Å². The molecule has 0 aliphatic rings. The molecule has 6 nitrogen and oxygen atoms in total. The summed E-state index contributed by atoms with van der Waals surface area (Å²) in [6, 6.07) is 3.62. The summed E-state index contributed by atoms with van der Waals surface area (Å²) in [4.78, 5) is 4.33. The summed E-state index contributed by atoms with van der Waals surface area (Å²) >= 11 is 0. The topological polar surface area (TPSA) is 78.0 Å². The highest BCUT2D eigenvalue weighted by molar-refractivity contribution is 5.53. The van der Waals surface area contributed by atoms with Crippen LogP contribution in [0.2, 0.25) is 0 Å². The van der Waals surface area contributed by atoms with Gasteiger partial charge in [-0.15, -0.1) is 0 Å². The normalized spacial score (nSPS) is 10.5. The lowest BCUT2D eigenvalue weighted by molar-refractivity contribution is 0.329. The number of nitrogens with two attached hydrogens (primary N) is 1. The summed E-state index contributed by atoms with van der Waals surface area (Å²) in [7, 11) is 1.91. The average molecular weight is 261 g/mol. The number of rotatable bonds is 5. The largest absolute Gasteiger partial charge is 0.476 e. The molecule has 2 rings (SSSR count). The van der Waals surface area contributed by atoms with Crippen LogP contribution in [-0.2, 0) is 13.6 Å². The van der Waals surface area contributed by atoms with Gasteiger partial charge in [-0.25, -0.2) is 0 Å². The molecule has 0 fully saturated rings. The zero-order chi connectivity index (χ0) is 13.8. The van der Waals surface area contributed by atoms with E-state index in [1.807, 2.05) is 33.2 Å². The number of nitrogens with one attached hydrogen (secondary N) is 1. The second-order valence-electron chi connectivity index (χ2n) is 4.29. The van der Waals surface area contributed by atoms with Crippen molar-refractivity contribution < 1.29 is 4.74 Å². The van der Waals surface area contributed by atoms with Crippen LogP contribution in [0, 0.1) is 6.92 Å². The van der Waals surface area contributed by atoms with Gasteiger partial charge in [0.25, 0.3) is 0 Å². The van der Waals surface area contributed by atoms with E-state index in [1.165, 1.54) is 0 Å². The van der Waals surface area contributed by atoms with Gasteiger partial charge >= 0.3 is 0 Å². The molecule has 0 saturated heterocycles. The lowest BCUT2D eigenvalue weighted by Gasteiger charge is -2.09.